The van der Waals surface area contributed by atoms with Gasteiger partial charge in [0.05, 0.1) is 12.7 Å². The van der Waals surface area contributed by atoms with Gasteiger partial charge < -0.3 is 40.2 Å². The molecule has 0 radical (unpaired) electrons. The van der Waals surface area contributed by atoms with Gasteiger partial charge in [-0.1, -0.05) is 0 Å². The van der Waals surface area contributed by atoms with E-state index in [0.717, 1.165) is 0 Å². The van der Waals surface area contributed by atoms with Crippen LogP contribution in [0.25, 0.3) is 0 Å². The summed E-state index contributed by atoms with van der Waals surface area (Å²) < 4.78 is 4.58. The van der Waals surface area contributed by atoms with Gasteiger partial charge >= 0.3 is 0 Å². The maximum absolute atomic E-state index is 9.46. The number of hydrogen-bond acceptors (Lipinski definition) is 8. The van der Waals surface area contributed by atoms with Crippen LogP contribution in [0.3, 0.4) is 0 Å². The number of hydrogen-bond donors (Lipinski definition) is 6. The predicted molar refractivity (Wildman–Crippen MR) is 58.3 cm³/mol. The molecule has 0 spiro atoms. The van der Waals surface area contributed by atoms with Crippen molar-refractivity contribution in [3.8, 4) is 0 Å². The van der Waals surface area contributed by atoms with Crippen molar-refractivity contribution in [2.45, 2.75) is 50.2 Å². The summed E-state index contributed by atoms with van der Waals surface area (Å²) >= 11 is 0. The van der Waals surface area contributed by atoms with Crippen LogP contribution in [0.5, 0.6) is 0 Å². The van der Waals surface area contributed by atoms with Crippen LogP contribution in [0.1, 0.15) is 13.3 Å². The van der Waals surface area contributed by atoms with Gasteiger partial charge in [-0.2, -0.15) is 0 Å². The number of carbonyl (C=O) groups excluding carboxylic acids is 1. The maximum atomic E-state index is 9.46. The Bertz CT molecular complexity index is 229. The average molecular weight is 268 g/mol. The third-order valence-electron chi connectivity index (χ3n) is 2.30. The number of rotatable bonds is 3. The first-order valence-electron chi connectivity index (χ1n) is 5.45. The molecule has 1 aliphatic rings. The lowest BCUT2D eigenvalue weighted by atomic mass is 10.00. The molecule has 0 saturated carbocycles. The monoisotopic (exact) mass is 268 g/mol. The van der Waals surface area contributed by atoms with Gasteiger partial charge in [0.2, 0.25) is 0 Å². The SMILES string of the molecule is CC(O)CC=O.OC[C@H]1O[C@H](O)[C@H](O)[C@@H](O)[C@@H]1O. The Hall–Kier alpha value is -0.610. The molecule has 6 N–H and O–H groups in total. The average Bonchev–Trinajstić information content (AvgIpc) is 2.32. The Kier molecular flexibility index (Phi) is 8.20. The number of aliphatic hydroxyl groups excluding tert-OH is 6. The third-order valence-corrected chi connectivity index (χ3v) is 2.30. The van der Waals surface area contributed by atoms with E-state index in [1.54, 1.807) is 6.92 Å². The normalized spacial score (nSPS) is 37.4. The van der Waals surface area contributed by atoms with Gasteiger partial charge in [0.15, 0.2) is 6.29 Å². The smallest absolute Gasteiger partial charge is 0.184 e. The van der Waals surface area contributed by atoms with Crippen LogP contribution < -0.4 is 0 Å². The molecule has 0 aromatic rings. The van der Waals surface area contributed by atoms with Crippen LogP contribution >= 0.6 is 0 Å². The Morgan fingerprint density at radius 2 is 1.72 bits per heavy atom. The Labute approximate surface area is 104 Å². The molecular formula is C10H20O8. The first kappa shape index (κ1) is 17.4. The van der Waals surface area contributed by atoms with Crippen molar-refractivity contribution < 1.29 is 40.2 Å². The summed E-state index contributed by atoms with van der Waals surface area (Å²) in [7, 11) is 0. The van der Waals surface area contributed by atoms with E-state index in [2.05, 4.69) is 4.74 Å². The van der Waals surface area contributed by atoms with Crippen LogP contribution in [-0.4, -0.2) is 80.3 Å². The molecule has 1 rings (SSSR count). The van der Waals surface area contributed by atoms with Crippen LogP contribution in [0, 0.1) is 0 Å². The molecule has 8 heteroatoms. The summed E-state index contributed by atoms with van der Waals surface area (Å²) in [4.78, 5) is 9.46. The quantitative estimate of drug-likeness (QED) is 0.292. The fraction of sp³-hybridized carbons (Fsp3) is 0.900. The molecule has 1 heterocycles. The molecule has 1 aliphatic heterocycles. The second-order valence-corrected chi connectivity index (χ2v) is 3.97. The molecule has 0 amide bonds. The van der Waals surface area contributed by atoms with E-state index in [9.17, 15) is 4.79 Å². The van der Waals surface area contributed by atoms with Crippen LogP contribution in [0.4, 0.5) is 0 Å². The van der Waals surface area contributed by atoms with Crippen molar-refractivity contribution in [2.75, 3.05) is 6.61 Å². The van der Waals surface area contributed by atoms with E-state index >= 15 is 0 Å². The van der Waals surface area contributed by atoms with E-state index in [-0.39, 0.29) is 6.42 Å². The van der Waals surface area contributed by atoms with Gasteiger partial charge in [-0.15, -0.1) is 0 Å². The summed E-state index contributed by atoms with van der Waals surface area (Å²) in [6, 6.07) is 0. The highest BCUT2D eigenvalue weighted by atomic mass is 16.6. The minimum Gasteiger partial charge on any atom is -0.394 e. The molecule has 6 atom stereocenters. The van der Waals surface area contributed by atoms with Crippen LogP contribution in [0.15, 0.2) is 0 Å². The zero-order chi connectivity index (χ0) is 14.3. The number of aliphatic hydroxyl groups is 6. The number of aldehydes is 1. The summed E-state index contributed by atoms with van der Waals surface area (Å²) in [5.41, 5.74) is 0. The molecule has 8 nitrogen and oxygen atoms in total. The molecule has 18 heavy (non-hydrogen) atoms. The lowest BCUT2D eigenvalue weighted by molar-refractivity contribution is -0.286. The molecule has 0 aromatic heterocycles. The standard InChI is InChI=1S/C6H12O6.C4H8O2/c7-1-2-3(8)4(9)5(10)6(11)12-2;1-4(6)2-3-5/h2-11H,1H2;3-4,6H,2H2,1H3/t2-,3-,4+,5-,6+;/m1./s1. The first-order valence-corrected chi connectivity index (χ1v) is 5.45. The molecular weight excluding hydrogens is 248 g/mol. The van der Waals surface area contributed by atoms with E-state index in [0.29, 0.717) is 6.29 Å². The third kappa shape index (κ3) is 5.36. The second kappa shape index (κ2) is 8.48. The van der Waals surface area contributed by atoms with Crippen molar-refractivity contribution in [3.63, 3.8) is 0 Å². The molecule has 108 valence electrons. The lowest BCUT2D eigenvalue weighted by Crippen LogP contribution is -2.58. The van der Waals surface area contributed by atoms with Crippen molar-refractivity contribution >= 4 is 6.29 Å². The van der Waals surface area contributed by atoms with Crippen LogP contribution in [-0.2, 0) is 9.53 Å². The molecule has 0 aliphatic carbocycles. The molecule has 0 bridgehead atoms. The highest BCUT2D eigenvalue weighted by Crippen LogP contribution is 2.18. The van der Waals surface area contributed by atoms with Gasteiger partial charge in [0.1, 0.15) is 30.7 Å². The summed E-state index contributed by atoms with van der Waals surface area (Å²) in [6.45, 7) is 1.05. The highest BCUT2D eigenvalue weighted by Gasteiger charge is 2.42. The summed E-state index contributed by atoms with van der Waals surface area (Å²) in [5, 5.41) is 53.0. The van der Waals surface area contributed by atoms with Crippen molar-refractivity contribution in [1.82, 2.24) is 0 Å². The Balaban J connectivity index is 0.000000411. The minimum absolute atomic E-state index is 0.250. The van der Waals surface area contributed by atoms with Crippen LogP contribution in [0.2, 0.25) is 0 Å². The number of carbonyl (C=O) groups is 1. The topological polar surface area (TPSA) is 148 Å². The van der Waals surface area contributed by atoms with Gasteiger partial charge in [-0.25, -0.2) is 0 Å². The molecule has 0 aromatic carbocycles. The fourth-order valence-electron chi connectivity index (χ4n) is 1.22. The highest BCUT2D eigenvalue weighted by molar-refractivity contribution is 5.49. The van der Waals surface area contributed by atoms with Gasteiger partial charge in [-0.3, -0.25) is 0 Å². The second-order valence-electron chi connectivity index (χ2n) is 3.97. The first-order chi connectivity index (χ1) is 8.34. The van der Waals surface area contributed by atoms with Crippen molar-refractivity contribution in [2.24, 2.45) is 0 Å². The Morgan fingerprint density at radius 3 is 2.06 bits per heavy atom. The summed E-state index contributed by atoms with van der Waals surface area (Å²) in [6.07, 6.45) is -6.56. The maximum Gasteiger partial charge on any atom is 0.184 e. The zero-order valence-electron chi connectivity index (χ0n) is 9.96. The lowest BCUT2D eigenvalue weighted by Gasteiger charge is -2.37. The van der Waals surface area contributed by atoms with Crippen molar-refractivity contribution in [3.05, 3.63) is 0 Å². The molecule has 1 fully saturated rings. The van der Waals surface area contributed by atoms with E-state index in [1.165, 1.54) is 0 Å². The molecule has 1 saturated heterocycles. The Morgan fingerprint density at radius 1 is 1.17 bits per heavy atom. The zero-order valence-corrected chi connectivity index (χ0v) is 9.96. The van der Waals surface area contributed by atoms with E-state index in [1.807, 2.05) is 0 Å². The largest absolute Gasteiger partial charge is 0.394 e. The van der Waals surface area contributed by atoms with Gasteiger partial charge in [0.25, 0.3) is 0 Å². The van der Waals surface area contributed by atoms with Gasteiger partial charge in [0, 0.05) is 6.42 Å². The number of ether oxygens (including phenoxy) is 1. The summed E-state index contributed by atoms with van der Waals surface area (Å²) in [5.74, 6) is 0. The van der Waals surface area contributed by atoms with Crippen molar-refractivity contribution in [1.29, 1.82) is 0 Å². The molecule has 1 unspecified atom stereocenters. The van der Waals surface area contributed by atoms with Gasteiger partial charge in [-0.05, 0) is 6.92 Å². The van der Waals surface area contributed by atoms with E-state index < -0.39 is 43.4 Å². The predicted octanol–water partition coefficient (Wildman–Crippen LogP) is -3.27. The fourth-order valence-corrected chi connectivity index (χ4v) is 1.22. The minimum atomic E-state index is -1.57. The van der Waals surface area contributed by atoms with E-state index in [4.69, 9.17) is 30.6 Å².